The predicted molar refractivity (Wildman–Crippen MR) is 81.3 cm³/mol. The second kappa shape index (κ2) is 4.20. The Morgan fingerprint density at radius 1 is 1.00 bits per heavy atom. The Morgan fingerprint density at radius 3 is 2.84 bits per heavy atom. The van der Waals surface area contributed by atoms with Gasteiger partial charge in [-0.15, -0.1) is 0 Å². The Labute approximate surface area is 120 Å². The van der Waals surface area contributed by atoms with Gasteiger partial charge in [0.15, 0.2) is 0 Å². The Bertz CT molecular complexity index is 774. The molecule has 1 aliphatic rings. The summed E-state index contributed by atoms with van der Waals surface area (Å²) in [6.07, 6.45) is 3.71. The fraction of sp³-hybridized carbons (Fsp3) is 0.188. The molecule has 1 N–H and O–H groups in total. The summed E-state index contributed by atoms with van der Waals surface area (Å²) < 4.78 is 1.07. The Hall–Kier alpha value is -1.61. The average molecular weight is 313 g/mol. The predicted octanol–water partition coefficient (Wildman–Crippen LogP) is 4.48. The van der Waals surface area contributed by atoms with Crippen molar-refractivity contribution in [3.8, 4) is 11.4 Å². The number of aromatic nitrogens is 2. The van der Waals surface area contributed by atoms with Crippen LogP contribution in [0.15, 0.2) is 40.9 Å². The summed E-state index contributed by atoms with van der Waals surface area (Å²) >= 11 is 3.49. The van der Waals surface area contributed by atoms with Gasteiger partial charge >= 0.3 is 0 Å². The molecule has 1 heterocycles. The van der Waals surface area contributed by atoms with E-state index in [1.54, 1.807) is 0 Å². The molecule has 94 valence electrons. The molecule has 0 amide bonds. The van der Waals surface area contributed by atoms with Gasteiger partial charge in [0.25, 0.3) is 0 Å². The molecule has 2 aromatic carbocycles. The molecule has 1 aromatic heterocycles. The minimum absolute atomic E-state index is 0.961. The Morgan fingerprint density at radius 2 is 1.89 bits per heavy atom. The van der Waals surface area contributed by atoms with Gasteiger partial charge in [0, 0.05) is 10.0 Å². The first-order valence-electron chi connectivity index (χ1n) is 6.57. The number of nitrogens with zero attached hydrogens (tertiary/aromatic N) is 1. The molecule has 19 heavy (non-hydrogen) atoms. The van der Waals surface area contributed by atoms with E-state index >= 15 is 0 Å². The third kappa shape index (κ3) is 1.89. The van der Waals surface area contributed by atoms with Crippen LogP contribution in [0, 0.1) is 0 Å². The number of aromatic amines is 1. The zero-order chi connectivity index (χ0) is 12.8. The molecule has 0 spiro atoms. The van der Waals surface area contributed by atoms with E-state index in [1.807, 2.05) is 12.1 Å². The van der Waals surface area contributed by atoms with Crippen LogP contribution in [0.3, 0.4) is 0 Å². The van der Waals surface area contributed by atoms with Gasteiger partial charge in [-0.3, -0.25) is 0 Å². The standard InChI is InChI=1S/C16H13BrN2/c17-13-6-7-14-15(9-13)19-16(18-14)12-5-4-10-2-1-3-11(10)8-12/h4-9H,1-3H2,(H,18,19). The molecular weight excluding hydrogens is 300 g/mol. The number of nitrogens with one attached hydrogen (secondary N) is 1. The van der Waals surface area contributed by atoms with Gasteiger partial charge in [0.05, 0.1) is 11.0 Å². The van der Waals surface area contributed by atoms with Gasteiger partial charge in [-0.1, -0.05) is 28.1 Å². The van der Waals surface area contributed by atoms with E-state index < -0.39 is 0 Å². The number of fused-ring (bicyclic) bond motifs is 2. The number of hydrogen-bond acceptors (Lipinski definition) is 1. The number of hydrogen-bond donors (Lipinski definition) is 1. The number of halogens is 1. The van der Waals surface area contributed by atoms with Crippen LogP contribution >= 0.6 is 15.9 Å². The van der Waals surface area contributed by atoms with E-state index in [4.69, 9.17) is 0 Å². The van der Waals surface area contributed by atoms with Crippen molar-refractivity contribution in [2.75, 3.05) is 0 Å². The largest absolute Gasteiger partial charge is 0.338 e. The number of benzene rings is 2. The normalized spacial score (nSPS) is 13.9. The molecule has 4 rings (SSSR count). The smallest absolute Gasteiger partial charge is 0.138 e. The summed E-state index contributed by atoms with van der Waals surface area (Å²) in [6.45, 7) is 0. The number of rotatable bonds is 1. The maximum atomic E-state index is 4.67. The van der Waals surface area contributed by atoms with Crippen molar-refractivity contribution >= 4 is 27.0 Å². The van der Waals surface area contributed by atoms with Crippen molar-refractivity contribution in [3.63, 3.8) is 0 Å². The summed E-state index contributed by atoms with van der Waals surface area (Å²) in [5.41, 5.74) is 6.26. The lowest BCUT2D eigenvalue weighted by atomic mass is 10.1. The summed E-state index contributed by atoms with van der Waals surface area (Å²) in [5, 5.41) is 0. The van der Waals surface area contributed by atoms with Crippen molar-refractivity contribution in [2.24, 2.45) is 0 Å². The molecule has 0 radical (unpaired) electrons. The van der Waals surface area contributed by atoms with Gasteiger partial charge < -0.3 is 4.98 Å². The van der Waals surface area contributed by atoms with Crippen LogP contribution in [0.5, 0.6) is 0 Å². The van der Waals surface area contributed by atoms with Crippen LogP contribution in [-0.2, 0) is 12.8 Å². The lowest BCUT2D eigenvalue weighted by molar-refractivity contribution is 0.912. The zero-order valence-corrected chi connectivity index (χ0v) is 12.0. The maximum absolute atomic E-state index is 4.67. The molecule has 0 bridgehead atoms. The highest BCUT2D eigenvalue weighted by Crippen LogP contribution is 2.28. The molecule has 1 aliphatic carbocycles. The quantitative estimate of drug-likeness (QED) is 0.705. The Kier molecular flexibility index (Phi) is 2.49. The van der Waals surface area contributed by atoms with Crippen LogP contribution in [0.25, 0.3) is 22.4 Å². The lowest BCUT2D eigenvalue weighted by Gasteiger charge is -2.01. The average Bonchev–Trinajstić information content (AvgIpc) is 3.02. The SMILES string of the molecule is Brc1ccc2nc(-c3ccc4c(c3)CCC4)[nH]c2c1. The lowest BCUT2D eigenvalue weighted by Crippen LogP contribution is -1.85. The molecule has 0 atom stereocenters. The maximum Gasteiger partial charge on any atom is 0.138 e. The zero-order valence-electron chi connectivity index (χ0n) is 10.4. The van der Waals surface area contributed by atoms with Crippen molar-refractivity contribution in [2.45, 2.75) is 19.3 Å². The molecule has 2 nitrogen and oxygen atoms in total. The van der Waals surface area contributed by atoms with Gasteiger partial charge in [0.1, 0.15) is 5.82 Å². The minimum Gasteiger partial charge on any atom is -0.338 e. The highest BCUT2D eigenvalue weighted by Gasteiger charge is 2.13. The fourth-order valence-electron chi connectivity index (χ4n) is 2.84. The van der Waals surface area contributed by atoms with Crippen LogP contribution in [0.4, 0.5) is 0 Å². The van der Waals surface area contributed by atoms with Crippen molar-refractivity contribution in [3.05, 3.63) is 52.0 Å². The van der Waals surface area contributed by atoms with E-state index in [9.17, 15) is 0 Å². The summed E-state index contributed by atoms with van der Waals surface area (Å²) in [6, 6.07) is 12.8. The van der Waals surface area contributed by atoms with Crippen LogP contribution < -0.4 is 0 Å². The molecule has 0 unspecified atom stereocenters. The Balaban J connectivity index is 1.85. The number of aryl methyl sites for hydroxylation is 2. The second-order valence-corrected chi connectivity index (χ2v) is 6.00. The van der Waals surface area contributed by atoms with E-state index in [0.29, 0.717) is 0 Å². The highest BCUT2D eigenvalue weighted by molar-refractivity contribution is 9.10. The topological polar surface area (TPSA) is 28.7 Å². The van der Waals surface area contributed by atoms with Crippen molar-refractivity contribution in [1.29, 1.82) is 0 Å². The first kappa shape index (κ1) is 11.2. The third-order valence-corrected chi connectivity index (χ3v) is 4.31. The highest BCUT2D eigenvalue weighted by atomic mass is 79.9. The van der Waals surface area contributed by atoms with Gasteiger partial charge in [0.2, 0.25) is 0 Å². The second-order valence-electron chi connectivity index (χ2n) is 5.08. The van der Waals surface area contributed by atoms with E-state index in [2.05, 4.69) is 50.2 Å². The van der Waals surface area contributed by atoms with E-state index in [0.717, 1.165) is 21.3 Å². The van der Waals surface area contributed by atoms with Gasteiger partial charge in [-0.2, -0.15) is 0 Å². The molecule has 0 saturated heterocycles. The summed E-state index contributed by atoms with van der Waals surface area (Å²) in [4.78, 5) is 8.08. The third-order valence-electron chi connectivity index (χ3n) is 3.82. The van der Waals surface area contributed by atoms with E-state index in [1.165, 1.54) is 36.0 Å². The molecule has 0 saturated carbocycles. The van der Waals surface area contributed by atoms with Crippen LogP contribution in [0.2, 0.25) is 0 Å². The molecule has 3 heteroatoms. The van der Waals surface area contributed by atoms with Crippen molar-refractivity contribution < 1.29 is 0 Å². The molecule has 0 fully saturated rings. The van der Waals surface area contributed by atoms with Gasteiger partial charge in [-0.05, 0) is 54.7 Å². The van der Waals surface area contributed by atoms with Crippen molar-refractivity contribution in [1.82, 2.24) is 9.97 Å². The molecular formula is C16H13BrN2. The monoisotopic (exact) mass is 312 g/mol. The number of imidazole rings is 1. The molecule has 3 aromatic rings. The summed E-state index contributed by atoms with van der Waals surface area (Å²) in [7, 11) is 0. The fourth-order valence-corrected chi connectivity index (χ4v) is 3.20. The van der Waals surface area contributed by atoms with Crippen LogP contribution in [-0.4, -0.2) is 9.97 Å². The van der Waals surface area contributed by atoms with E-state index in [-0.39, 0.29) is 0 Å². The first-order valence-corrected chi connectivity index (χ1v) is 7.36. The summed E-state index contributed by atoms with van der Waals surface area (Å²) in [5.74, 6) is 0.961. The first-order chi connectivity index (χ1) is 9.29. The number of H-pyrrole nitrogens is 1. The molecule has 0 aliphatic heterocycles. The van der Waals surface area contributed by atoms with Gasteiger partial charge in [-0.25, -0.2) is 4.98 Å². The van der Waals surface area contributed by atoms with Crippen LogP contribution in [0.1, 0.15) is 17.5 Å². The minimum atomic E-state index is 0.961.